The molecule has 0 aliphatic carbocycles. The maximum absolute atomic E-state index is 11.1. The normalized spacial score (nSPS) is 14.5. The number of carbonyl (C=O) groups excluding carboxylic acids is 1. The fourth-order valence-electron chi connectivity index (χ4n) is 1.53. The minimum absolute atomic E-state index is 0.0854. The maximum Gasteiger partial charge on any atom is 0.305 e. The van der Waals surface area contributed by atoms with E-state index in [-0.39, 0.29) is 12.6 Å². The van der Waals surface area contributed by atoms with Gasteiger partial charge in [-0.05, 0) is 31.1 Å². The van der Waals surface area contributed by atoms with Crippen molar-refractivity contribution in [1.82, 2.24) is 0 Å². The lowest BCUT2D eigenvalue weighted by Gasteiger charge is -2.14. The number of ether oxygens (including phenoxy) is 1. The summed E-state index contributed by atoms with van der Waals surface area (Å²) in [6.45, 7) is 7.02. The van der Waals surface area contributed by atoms with Crippen LogP contribution in [0.25, 0.3) is 0 Å². The van der Waals surface area contributed by atoms with Gasteiger partial charge in [0.15, 0.2) is 0 Å². The summed E-state index contributed by atoms with van der Waals surface area (Å²) in [5.41, 5.74) is 0. The van der Waals surface area contributed by atoms with E-state index in [1.807, 2.05) is 6.92 Å². The summed E-state index contributed by atoms with van der Waals surface area (Å²) in [4.78, 5) is 11.1. The van der Waals surface area contributed by atoms with Crippen LogP contribution < -0.4 is 0 Å². The van der Waals surface area contributed by atoms with Crippen LogP contribution in [0, 0.1) is 11.8 Å². The second-order valence-corrected chi connectivity index (χ2v) is 4.73. The third-order valence-electron chi connectivity index (χ3n) is 2.76. The van der Waals surface area contributed by atoms with Crippen molar-refractivity contribution in [1.29, 1.82) is 0 Å². The zero-order chi connectivity index (χ0) is 12.4. The average molecular weight is 230 g/mol. The number of rotatable bonds is 9. The van der Waals surface area contributed by atoms with Gasteiger partial charge >= 0.3 is 5.97 Å². The van der Waals surface area contributed by atoms with E-state index in [0.29, 0.717) is 24.9 Å². The van der Waals surface area contributed by atoms with Gasteiger partial charge in [0.1, 0.15) is 0 Å². The largest absolute Gasteiger partial charge is 0.465 e. The molecule has 16 heavy (non-hydrogen) atoms. The minimum Gasteiger partial charge on any atom is -0.465 e. The molecule has 0 aliphatic rings. The molecule has 96 valence electrons. The van der Waals surface area contributed by atoms with Crippen LogP contribution in [0.4, 0.5) is 0 Å². The van der Waals surface area contributed by atoms with E-state index in [4.69, 9.17) is 9.84 Å². The Morgan fingerprint density at radius 3 is 2.38 bits per heavy atom. The van der Waals surface area contributed by atoms with Crippen LogP contribution in [0.5, 0.6) is 0 Å². The zero-order valence-electron chi connectivity index (χ0n) is 10.9. The highest BCUT2D eigenvalue weighted by Crippen LogP contribution is 2.15. The first-order valence-electron chi connectivity index (χ1n) is 6.36. The lowest BCUT2D eigenvalue weighted by Crippen LogP contribution is -2.12. The van der Waals surface area contributed by atoms with Crippen LogP contribution in [-0.4, -0.2) is 24.3 Å². The number of hydrogen-bond donors (Lipinski definition) is 1. The summed E-state index contributed by atoms with van der Waals surface area (Å²) in [6, 6.07) is 0. The van der Waals surface area contributed by atoms with Crippen molar-refractivity contribution in [3.63, 3.8) is 0 Å². The maximum atomic E-state index is 11.1. The summed E-state index contributed by atoms with van der Waals surface area (Å²) < 4.78 is 5.15. The van der Waals surface area contributed by atoms with Crippen LogP contribution in [0.1, 0.15) is 52.9 Å². The van der Waals surface area contributed by atoms with Gasteiger partial charge in [-0.1, -0.05) is 27.2 Å². The van der Waals surface area contributed by atoms with Crippen molar-refractivity contribution in [2.24, 2.45) is 11.8 Å². The van der Waals surface area contributed by atoms with Crippen LogP contribution >= 0.6 is 0 Å². The first-order valence-corrected chi connectivity index (χ1v) is 6.36. The Kier molecular flexibility index (Phi) is 9.30. The number of aliphatic hydroxyl groups is 1. The van der Waals surface area contributed by atoms with Gasteiger partial charge in [-0.25, -0.2) is 0 Å². The fourth-order valence-corrected chi connectivity index (χ4v) is 1.53. The molecular formula is C13H26O3. The molecule has 0 amide bonds. The van der Waals surface area contributed by atoms with Crippen LogP contribution in [0.3, 0.4) is 0 Å². The highest BCUT2D eigenvalue weighted by atomic mass is 16.5. The Morgan fingerprint density at radius 2 is 1.81 bits per heavy atom. The topological polar surface area (TPSA) is 46.5 Å². The molecule has 2 unspecified atom stereocenters. The van der Waals surface area contributed by atoms with E-state index in [9.17, 15) is 4.79 Å². The summed E-state index contributed by atoms with van der Waals surface area (Å²) in [7, 11) is 0. The highest BCUT2D eigenvalue weighted by Gasteiger charge is 2.09. The van der Waals surface area contributed by atoms with Crippen LogP contribution in [0.15, 0.2) is 0 Å². The van der Waals surface area contributed by atoms with Crippen molar-refractivity contribution in [3.05, 3.63) is 0 Å². The predicted octanol–water partition coefficient (Wildman–Crippen LogP) is 2.76. The number of aliphatic hydroxyl groups excluding tert-OH is 1. The number of carbonyl (C=O) groups is 1. The Hall–Kier alpha value is -0.570. The lowest BCUT2D eigenvalue weighted by atomic mass is 9.96. The van der Waals surface area contributed by atoms with E-state index in [0.717, 1.165) is 25.7 Å². The van der Waals surface area contributed by atoms with E-state index >= 15 is 0 Å². The summed E-state index contributed by atoms with van der Waals surface area (Å²) in [5.74, 6) is 0.887. The molecule has 0 aromatic heterocycles. The number of esters is 1. The lowest BCUT2D eigenvalue weighted by molar-refractivity contribution is -0.145. The second kappa shape index (κ2) is 9.64. The van der Waals surface area contributed by atoms with E-state index < -0.39 is 0 Å². The average Bonchev–Trinajstić information content (AvgIpc) is 2.24. The summed E-state index contributed by atoms with van der Waals surface area (Å²) in [5, 5.41) is 8.77. The molecule has 0 aromatic rings. The molecule has 0 bridgehead atoms. The van der Waals surface area contributed by atoms with Crippen molar-refractivity contribution in [2.45, 2.75) is 52.9 Å². The summed E-state index contributed by atoms with van der Waals surface area (Å²) >= 11 is 0. The molecule has 0 fully saturated rings. The predicted molar refractivity (Wildman–Crippen MR) is 65.1 cm³/mol. The molecule has 2 atom stereocenters. The Bertz CT molecular complexity index is 180. The SMILES string of the molecule is CCCC(=O)OCC(C)CCC(C)CCO. The number of hydrogen-bond acceptors (Lipinski definition) is 3. The van der Waals surface area contributed by atoms with Gasteiger partial charge in [0.2, 0.25) is 0 Å². The molecule has 0 rings (SSSR count). The monoisotopic (exact) mass is 230 g/mol. The van der Waals surface area contributed by atoms with E-state index in [2.05, 4.69) is 13.8 Å². The van der Waals surface area contributed by atoms with Crippen molar-refractivity contribution in [3.8, 4) is 0 Å². The molecule has 0 saturated heterocycles. The molecule has 0 radical (unpaired) electrons. The van der Waals surface area contributed by atoms with Gasteiger partial charge in [-0.3, -0.25) is 4.79 Å². The minimum atomic E-state index is -0.0854. The third kappa shape index (κ3) is 8.72. The van der Waals surface area contributed by atoms with Crippen molar-refractivity contribution < 1.29 is 14.6 Å². The molecule has 0 spiro atoms. The summed E-state index contributed by atoms with van der Waals surface area (Å²) in [6.07, 6.45) is 4.38. The van der Waals surface area contributed by atoms with E-state index in [1.54, 1.807) is 0 Å². The molecule has 3 nitrogen and oxygen atoms in total. The van der Waals surface area contributed by atoms with Gasteiger partial charge in [0, 0.05) is 13.0 Å². The first kappa shape index (κ1) is 15.4. The van der Waals surface area contributed by atoms with Gasteiger partial charge in [0.25, 0.3) is 0 Å². The molecule has 1 N–H and O–H groups in total. The fraction of sp³-hybridized carbons (Fsp3) is 0.923. The zero-order valence-corrected chi connectivity index (χ0v) is 10.9. The van der Waals surface area contributed by atoms with Crippen molar-refractivity contribution in [2.75, 3.05) is 13.2 Å². The highest BCUT2D eigenvalue weighted by molar-refractivity contribution is 5.69. The molecule has 0 saturated carbocycles. The molecule has 0 heterocycles. The van der Waals surface area contributed by atoms with Gasteiger partial charge in [-0.2, -0.15) is 0 Å². The molecular weight excluding hydrogens is 204 g/mol. The van der Waals surface area contributed by atoms with Crippen LogP contribution in [-0.2, 0) is 9.53 Å². The molecule has 0 aliphatic heterocycles. The first-order chi connectivity index (χ1) is 7.60. The molecule has 3 heteroatoms. The quantitative estimate of drug-likeness (QED) is 0.619. The van der Waals surface area contributed by atoms with Crippen molar-refractivity contribution >= 4 is 5.97 Å². The smallest absolute Gasteiger partial charge is 0.305 e. The molecule has 0 aromatic carbocycles. The third-order valence-corrected chi connectivity index (χ3v) is 2.76. The van der Waals surface area contributed by atoms with Gasteiger partial charge in [0.05, 0.1) is 6.61 Å². The van der Waals surface area contributed by atoms with Gasteiger partial charge < -0.3 is 9.84 Å². The Morgan fingerprint density at radius 1 is 1.19 bits per heavy atom. The van der Waals surface area contributed by atoms with Crippen LogP contribution in [0.2, 0.25) is 0 Å². The second-order valence-electron chi connectivity index (χ2n) is 4.73. The Balaban J connectivity index is 3.50. The standard InChI is InChI=1S/C13H26O3/c1-4-5-13(15)16-10-12(3)7-6-11(2)8-9-14/h11-12,14H,4-10H2,1-3H3. The Labute approximate surface area is 99.2 Å². The van der Waals surface area contributed by atoms with E-state index in [1.165, 1.54) is 0 Å². The van der Waals surface area contributed by atoms with Gasteiger partial charge in [-0.15, -0.1) is 0 Å².